The molecule has 0 aliphatic carbocycles. The molecule has 7 heterocycles. The average molecular weight is 1180 g/mol. The third-order valence-electron chi connectivity index (χ3n) is 12.8. The molecule has 0 atom stereocenters. The predicted molar refractivity (Wildman–Crippen MR) is 321 cm³/mol. The first-order valence-corrected chi connectivity index (χ1v) is 29.9. The van der Waals surface area contributed by atoms with Gasteiger partial charge in [0.25, 0.3) is 0 Å². The molecule has 10 aromatic rings. The van der Waals surface area contributed by atoms with Crippen LogP contribution < -0.4 is 30.5 Å². The monoisotopic (exact) mass is 1180 g/mol. The summed E-state index contributed by atoms with van der Waals surface area (Å²) in [6.45, 7) is 10.7. The van der Waals surface area contributed by atoms with Crippen LogP contribution in [0.5, 0.6) is 23.0 Å². The van der Waals surface area contributed by atoms with Gasteiger partial charge in [-0.3, -0.25) is 0 Å². The first-order valence-electron chi connectivity index (χ1n) is 26.6. The number of methoxy groups -OCH3 is 1. The SMILES string of the molecule is CC(C)(C)OC(=O)N1CCC(Oc2ccc3cnc(S(C)(=O)=O)nc3c2)CC1.CCSc1ncc2ccc(O)cc2n1.COc1ccc2cnc(Cl)nc2c1.O=c1[nH]c2ccc(Nc3ncc4ccc(OC5CCNCC5)cc4n3)cc2[nH]1. The van der Waals surface area contributed by atoms with Gasteiger partial charge < -0.3 is 49.6 Å². The number of likely N-dealkylation sites (tertiary alicyclic amines) is 1. The quantitative estimate of drug-likeness (QED) is 0.0628. The third kappa shape index (κ3) is 16.6. The zero-order valence-corrected chi connectivity index (χ0v) is 48.8. The number of anilines is 2. The van der Waals surface area contributed by atoms with Crippen molar-refractivity contribution in [2.45, 2.75) is 81.5 Å². The second-order valence-electron chi connectivity index (χ2n) is 20.3. The number of amides is 1. The number of carbonyl (C=O) groups excluding carboxylic acids is 1. The Morgan fingerprint density at radius 2 is 1.28 bits per heavy atom. The molecule has 2 aliphatic heterocycles. The van der Waals surface area contributed by atoms with Crippen molar-refractivity contribution in [2.75, 3.05) is 50.6 Å². The lowest BCUT2D eigenvalue weighted by atomic mass is 10.1. The van der Waals surface area contributed by atoms with Crippen LogP contribution in [-0.4, -0.2) is 137 Å². The Balaban J connectivity index is 0.000000141. The van der Waals surface area contributed by atoms with E-state index in [1.165, 1.54) is 6.20 Å². The number of H-pyrrole nitrogens is 2. The Bertz CT molecular complexity index is 4080. The number of nitrogens with one attached hydrogen (secondary N) is 4. The summed E-state index contributed by atoms with van der Waals surface area (Å²) in [4.78, 5) is 64.2. The molecule has 2 fully saturated rings. The molecule has 5 aromatic carbocycles. The normalized spacial score (nSPS) is 14.0. The summed E-state index contributed by atoms with van der Waals surface area (Å²) < 4.78 is 45.9. The van der Waals surface area contributed by atoms with Crippen molar-refractivity contribution in [1.29, 1.82) is 0 Å². The molecule has 0 unspecified atom stereocenters. The molecule has 5 N–H and O–H groups in total. The second kappa shape index (κ2) is 26.6. The summed E-state index contributed by atoms with van der Waals surface area (Å²) >= 11 is 7.24. The van der Waals surface area contributed by atoms with E-state index < -0.39 is 15.4 Å². The Hall–Kier alpha value is -8.45. The van der Waals surface area contributed by atoms with Gasteiger partial charge in [0, 0.05) is 108 Å². The number of imidazole rings is 1. The highest BCUT2D eigenvalue weighted by atomic mass is 35.5. The standard InChI is InChI=1S/C20H20N6O2.C19H25N3O5S.C10H10N2OS.C9H7ClN2O/c27-20-25-16-4-2-13(9-18(16)26-20)23-19-22-11-12-1-3-15(10-17(12)24-19)28-14-5-7-21-8-6-14;1-19(2,3)27-18(23)22-9-7-14(8-10-22)26-15-6-5-13-12-20-17(28(4,24)25)21-16(13)11-15;1-2-14-10-11-6-7-3-4-8(13)5-9(7)12-10;1-13-7-3-2-6-5-11-9(10)12-8(6)4-7/h1-4,9-11,14,21H,5-8H2,(H,22,23,24)(H2,25,26,27);5-6,11-12,14H,7-10H2,1-4H3;3-6,13H,2H2,1H3;2-5H,1H3. The van der Waals surface area contributed by atoms with Crippen LogP contribution in [0.2, 0.25) is 5.28 Å². The molecule has 25 heteroatoms. The molecule has 0 bridgehead atoms. The number of phenols is 1. The number of fused-ring (bicyclic) bond motifs is 5. The molecule has 1 amide bonds. The van der Waals surface area contributed by atoms with Gasteiger partial charge in [0.05, 0.1) is 40.2 Å². The van der Waals surface area contributed by atoms with Crippen molar-refractivity contribution < 1.29 is 37.3 Å². The minimum atomic E-state index is -3.47. The molecule has 0 radical (unpaired) electrons. The number of ether oxygens (including phenoxy) is 4. The van der Waals surface area contributed by atoms with Crippen molar-refractivity contribution in [1.82, 2.24) is 60.1 Å². The zero-order chi connectivity index (χ0) is 58.7. The van der Waals surface area contributed by atoms with Gasteiger partial charge in [-0.25, -0.2) is 57.9 Å². The van der Waals surface area contributed by atoms with Gasteiger partial charge in [-0.2, -0.15) is 0 Å². The zero-order valence-electron chi connectivity index (χ0n) is 46.4. The Morgan fingerprint density at radius 1 is 0.711 bits per heavy atom. The van der Waals surface area contributed by atoms with Crippen molar-refractivity contribution in [2.24, 2.45) is 0 Å². The van der Waals surface area contributed by atoms with E-state index in [4.69, 9.17) is 30.5 Å². The molecule has 83 heavy (non-hydrogen) atoms. The number of hydrogen-bond donors (Lipinski definition) is 5. The summed E-state index contributed by atoms with van der Waals surface area (Å²) in [6, 6.07) is 27.5. The number of hydrogen-bond acceptors (Lipinski definition) is 20. The van der Waals surface area contributed by atoms with Crippen LogP contribution in [0, 0.1) is 0 Å². The van der Waals surface area contributed by atoms with Gasteiger partial charge >= 0.3 is 11.8 Å². The van der Waals surface area contributed by atoms with Crippen molar-refractivity contribution in [3.63, 3.8) is 0 Å². The van der Waals surface area contributed by atoms with Crippen LogP contribution in [0.25, 0.3) is 54.6 Å². The fraction of sp³-hybridized carbons (Fsp3) is 0.310. The van der Waals surface area contributed by atoms with Gasteiger partial charge in [0.1, 0.15) is 40.8 Å². The highest BCUT2D eigenvalue weighted by Gasteiger charge is 2.28. The number of piperidine rings is 2. The number of phenolic OH excluding ortho intramolecular Hbond substituents is 1. The van der Waals surface area contributed by atoms with Crippen LogP contribution in [0.1, 0.15) is 53.4 Å². The first kappa shape index (κ1) is 59.2. The minimum absolute atomic E-state index is 0.0349. The molecule has 22 nitrogen and oxygen atoms in total. The van der Waals surface area contributed by atoms with Crippen LogP contribution in [0.4, 0.5) is 16.4 Å². The van der Waals surface area contributed by atoms with E-state index in [1.54, 1.807) is 66.6 Å². The van der Waals surface area contributed by atoms with E-state index in [2.05, 4.69) is 67.4 Å². The van der Waals surface area contributed by atoms with E-state index in [9.17, 15) is 23.1 Å². The van der Waals surface area contributed by atoms with Gasteiger partial charge in [-0.05, 0) is 131 Å². The van der Waals surface area contributed by atoms with Crippen LogP contribution >= 0.6 is 23.4 Å². The summed E-state index contributed by atoms with van der Waals surface area (Å²) in [7, 11) is -1.86. The maximum absolute atomic E-state index is 12.1. The number of thioether (sulfide) groups is 1. The number of aromatic nitrogens is 10. The van der Waals surface area contributed by atoms with E-state index >= 15 is 0 Å². The minimum Gasteiger partial charge on any atom is -0.508 e. The van der Waals surface area contributed by atoms with E-state index in [0.717, 1.165) is 109 Å². The highest BCUT2D eigenvalue weighted by Crippen LogP contribution is 2.27. The third-order valence-corrected chi connectivity index (χ3v) is 14.5. The molecule has 0 saturated carbocycles. The first-order chi connectivity index (χ1) is 39.8. The Kier molecular flexibility index (Phi) is 19.0. The molecule has 5 aromatic heterocycles. The smallest absolute Gasteiger partial charge is 0.410 e. The second-order valence-corrected chi connectivity index (χ2v) is 23.7. The van der Waals surface area contributed by atoms with E-state index in [-0.39, 0.29) is 40.2 Å². The number of halogens is 1. The lowest BCUT2D eigenvalue weighted by Crippen LogP contribution is -2.44. The van der Waals surface area contributed by atoms with Crippen LogP contribution in [0.3, 0.4) is 0 Å². The van der Waals surface area contributed by atoms with Gasteiger partial charge in [0.15, 0.2) is 5.16 Å². The summed E-state index contributed by atoms with van der Waals surface area (Å²) in [5.74, 6) is 3.89. The maximum Gasteiger partial charge on any atom is 0.410 e. The van der Waals surface area contributed by atoms with Crippen molar-refractivity contribution in [3.05, 3.63) is 132 Å². The molecule has 2 aliphatic rings. The number of aromatic amines is 2. The largest absolute Gasteiger partial charge is 0.508 e. The fourth-order valence-electron chi connectivity index (χ4n) is 8.70. The summed E-state index contributed by atoms with van der Waals surface area (Å²) in [5, 5.41) is 20.2. The topological polar surface area (TPSA) is 287 Å². The molecular formula is C58H62ClN13O9S2. The van der Waals surface area contributed by atoms with Crippen LogP contribution in [0.15, 0.2) is 131 Å². The number of benzene rings is 5. The van der Waals surface area contributed by atoms with Crippen LogP contribution in [-0.2, 0) is 14.6 Å². The highest BCUT2D eigenvalue weighted by molar-refractivity contribution is 7.99. The molecule has 0 spiro atoms. The van der Waals surface area contributed by atoms with E-state index in [1.807, 2.05) is 87.5 Å². The van der Waals surface area contributed by atoms with Gasteiger partial charge in [-0.1, -0.05) is 18.7 Å². The lowest BCUT2D eigenvalue weighted by Gasteiger charge is -2.33. The number of carbonyl (C=O) groups is 1. The van der Waals surface area contributed by atoms with Crippen molar-refractivity contribution in [3.8, 4) is 23.0 Å². The fourth-order valence-corrected chi connectivity index (χ4v) is 9.89. The van der Waals surface area contributed by atoms with Gasteiger partial charge in [-0.15, -0.1) is 0 Å². The molecular weight excluding hydrogens is 1120 g/mol. The van der Waals surface area contributed by atoms with Gasteiger partial charge in [0.2, 0.25) is 26.2 Å². The van der Waals surface area contributed by atoms with E-state index in [0.29, 0.717) is 43.1 Å². The maximum atomic E-state index is 12.1. The number of nitrogens with zero attached hydrogens (tertiary/aromatic N) is 9. The molecule has 2 saturated heterocycles. The average Bonchev–Trinajstić information content (AvgIpc) is 4.00. The summed E-state index contributed by atoms with van der Waals surface area (Å²) in [6.07, 6.45) is 11.1. The number of rotatable bonds is 10. The lowest BCUT2D eigenvalue weighted by molar-refractivity contribution is 0.0126. The number of sulfone groups is 1. The molecule has 12 rings (SSSR count). The number of aromatic hydroxyl groups is 1. The predicted octanol–water partition coefficient (Wildman–Crippen LogP) is 10.2. The summed E-state index contributed by atoms with van der Waals surface area (Å²) in [5.41, 5.74) is 4.46. The molecule has 432 valence electrons. The Morgan fingerprint density at radius 3 is 1.93 bits per heavy atom. The Labute approximate surface area is 487 Å². The van der Waals surface area contributed by atoms with Crippen molar-refractivity contribution >= 4 is 106 Å².